The standard InChI is InChI=1S/C27H34F3NO2S/c1-5-7-17-26(18-8-6-2)19-21(4)31(34(32,33)24-15-9-20(3)10-16-24)25(26)22-11-13-23(14-12-22)27(28,29)30/h9-16,25H,4-8,17-19H2,1-3H3. The molecule has 1 aliphatic rings. The molecule has 2 aromatic carbocycles. The molecule has 1 aliphatic heterocycles. The summed E-state index contributed by atoms with van der Waals surface area (Å²) in [6.07, 6.45) is 1.34. The molecule has 0 aliphatic carbocycles. The van der Waals surface area contributed by atoms with E-state index >= 15 is 0 Å². The van der Waals surface area contributed by atoms with E-state index in [-0.39, 0.29) is 4.90 Å². The van der Waals surface area contributed by atoms with Gasteiger partial charge in [-0.25, -0.2) is 8.42 Å². The molecule has 0 bridgehead atoms. The summed E-state index contributed by atoms with van der Waals surface area (Å²) in [4.78, 5) is 0.165. The highest BCUT2D eigenvalue weighted by Gasteiger charge is 2.53. The van der Waals surface area contributed by atoms with E-state index in [9.17, 15) is 21.6 Å². The average Bonchev–Trinajstić information content (AvgIpc) is 3.09. The predicted molar refractivity (Wildman–Crippen MR) is 130 cm³/mol. The van der Waals surface area contributed by atoms with E-state index in [2.05, 4.69) is 20.4 Å². The summed E-state index contributed by atoms with van der Waals surface area (Å²) in [7, 11) is -3.95. The quantitative estimate of drug-likeness (QED) is 0.355. The lowest BCUT2D eigenvalue weighted by Crippen LogP contribution is -2.36. The summed E-state index contributed by atoms with van der Waals surface area (Å²) in [5.74, 6) is 0. The average molecular weight is 494 g/mol. The minimum atomic E-state index is -4.45. The van der Waals surface area contributed by atoms with Crippen LogP contribution in [0.1, 0.15) is 81.5 Å². The van der Waals surface area contributed by atoms with Crippen molar-refractivity contribution < 1.29 is 21.6 Å². The van der Waals surface area contributed by atoms with Crippen LogP contribution in [0.4, 0.5) is 13.2 Å². The van der Waals surface area contributed by atoms with Gasteiger partial charge >= 0.3 is 6.18 Å². The Kier molecular flexibility index (Phi) is 7.85. The number of hydrogen-bond donors (Lipinski definition) is 0. The number of benzene rings is 2. The Labute approximate surface area is 201 Å². The molecule has 186 valence electrons. The Morgan fingerprint density at radius 2 is 1.50 bits per heavy atom. The fourth-order valence-corrected chi connectivity index (χ4v) is 6.86. The minimum absolute atomic E-state index is 0.165. The second-order valence-electron chi connectivity index (χ2n) is 9.45. The normalized spacial score (nSPS) is 18.5. The summed E-state index contributed by atoms with van der Waals surface area (Å²) < 4.78 is 68.9. The lowest BCUT2D eigenvalue weighted by atomic mass is 9.70. The van der Waals surface area contributed by atoms with Gasteiger partial charge in [0.15, 0.2) is 0 Å². The van der Waals surface area contributed by atoms with Gasteiger partial charge in [-0.3, -0.25) is 4.31 Å². The molecule has 3 rings (SSSR count). The molecular formula is C27H34F3NO2S. The molecule has 2 aromatic rings. The van der Waals surface area contributed by atoms with Crippen LogP contribution in [0.2, 0.25) is 0 Å². The second-order valence-corrected chi connectivity index (χ2v) is 11.3. The number of sulfonamides is 1. The van der Waals surface area contributed by atoms with Crippen LogP contribution in [-0.4, -0.2) is 12.7 Å². The first-order chi connectivity index (χ1) is 16.0. The number of hydrogen-bond acceptors (Lipinski definition) is 2. The topological polar surface area (TPSA) is 37.4 Å². The zero-order valence-corrected chi connectivity index (χ0v) is 21.0. The zero-order chi connectivity index (χ0) is 25.1. The van der Waals surface area contributed by atoms with Crippen molar-refractivity contribution >= 4 is 10.0 Å². The maximum absolute atomic E-state index is 13.9. The minimum Gasteiger partial charge on any atom is -0.263 e. The Bertz CT molecular complexity index is 1080. The van der Waals surface area contributed by atoms with Crippen molar-refractivity contribution in [2.45, 2.75) is 82.8 Å². The lowest BCUT2D eigenvalue weighted by molar-refractivity contribution is -0.137. The molecule has 0 saturated carbocycles. The third-order valence-corrected chi connectivity index (χ3v) is 8.73. The molecule has 1 saturated heterocycles. The van der Waals surface area contributed by atoms with E-state index in [0.717, 1.165) is 56.2 Å². The Balaban J connectivity index is 2.18. The van der Waals surface area contributed by atoms with Crippen LogP contribution in [0.15, 0.2) is 65.7 Å². The maximum Gasteiger partial charge on any atom is 0.416 e. The molecule has 0 aromatic heterocycles. The number of rotatable bonds is 9. The summed E-state index contributed by atoms with van der Waals surface area (Å²) in [6, 6.07) is 11.0. The summed E-state index contributed by atoms with van der Waals surface area (Å²) in [6.45, 7) is 10.2. The molecule has 1 heterocycles. The van der Waals surface area contributed by atoms with Gasteiger partial charge < -0.3 is 0 Å². The maximum atomic E-state index is 13.9. The molecule has 0 amide bonds. The fraction of sp³-hybridized carbons (Fsp3) is 0.481. The van der Waals surface area contributed by atoms with Gasteiger partial charge in [-0.1, -0.05) is 75.9 Å². The Morgan fingerprint density at radius 1 is 0.971 bits per heavy atom. The van der Waals surface area contributed by atoms with Crippen LogP contribution < -0.4 is 0 Å². The molecule has 0 N–H and O–H groups in total. The first-order valence-corrected chi connectivity index (χ1v) is 13.4. The van der Waals surface area contributed by atoms with Crippen molar-refractivity contribution in [2.24, 2.45) is 5.41 Å². The third kappa shape index (κ3) is 5.19. The highest BCUT2D eigenvalue weighted by Crippen LogP contribution is 2.58. The fourth-order valence-electron chi connectivity index (χ4n) is 5.12. The van der Waals surface area contributed by atoms with Gasteiger partial charge in [0.25, 0.3) is 10.0 Å². The Morgan fingerprint density at radius 3 is 1.97 bits per heavy atom. The van der Waals surface area contributed by atoms with E-state index in [1.807, 2.05) is 6.92 Å². The molecule has 1 fully saturated rings. The van der Waals surface area contributed by atoms with Gasteiger partial charge in [0.1, 0.15) is 0 Å². The zero-order valence-electron chi connectivity index (χ0n) is 20.2. The predicted octanol–water partition coefficient (Wildman–Crippen LogP) is 8.03. The number of alkyl halides is 3. The van der Waals surface area contributed by atoms with Crippen molar-refractivity contribution in [3.63, 3.8) is 0 Å². The van der Waals surface area contributed by atoms with E-state index in [0.29, 0.717) is 17.7 Å². The van der Waals surface area contributed by atoms with Crippen molar-refractivity contribution in [3.05, 3.63) is 77.5 Å². The van der Waals surface area contributed by atoms with Gasteiger partial charge in [-0.2, -0.15) is 13.2 Å². The van der Waals surface area contributed by atoms with Crippen LogP contribution >= 0.6 is 0 Å². The SMILES string of the molecule is C=C1CC(CCCC)(CCCC)C(c2ccc(C(F)(F)F)cc2)N1S(=O)(=O)c1ccc(C)cc1. The smallest absolute Gasteiger partial charge is 0.263 e. The first-order valence-electron chi connectivity index (χ1n) is 11.9. The molecule has 1 atom stereocenters. The summed E-state index contributed by atoms with van der Waals surface area (Å²) in [5.41, 5.74) is 0.861. The number of aryl methyl sites for hydroxylation is 1. The van der Waals surface area contributed by atoms with Gasteiger partial charge in [-0.05, 0) is 56.0 Å². The molecular weight excluding hydrogens is 459 g/mol. The second kappa shape index (κ2) is 10.1. The number of allylic oxidation sites excluding steroid dienone is 1. The lowest BCUT2D eigenvalue weighted by Gasteiger charge is -2.39. The van der Waals surface area contributed by atoms with Crippen molar-refractivity contribution in [1.82, 2.24) is 4.31 Å². The van der Waals surface area contributed by atoms with Crippen molar-refractivity contribution in [2.75, 3.05) is 0 Å². The molecule has 34 heavy (non-hydrogen) atoms. The molecule has 1 unspecified atom stereocenters. The van der Waals surface area contributed by atoms with E-state index in [4.69, 9.17) is 0 Å². The van der Waals surface area contributed by atoms with Gasteiger partial charge in [-0.15, -0.1) is 0 Å². The molecule has 0 spiro atoms. The van der Waals surface area contributed by atoms with Crippen LogP contribution in [0.5, 0.6) is 0 Å². The van der Waals surface area contributed by atoms with Crippen LogP contribution in [0, 0.1) is 12.3 Å². The molecule has 3 nitrogen and oxygen atoms in total. The number of halogens is 3. The molecule has 0 radical (unpaired) electrons. The third-order valence-electron chi connectivity index (χ3n) is 6.87. The highest BCUT2D eigenvalue weighted by molar-refractivity contribution is 7.89. The van der Waals surface area contributed by atoms with Crippen LogP contribution in [0.3, 0.4) is 0 Å². The van der Waals surface area contributed by atoms with Crippen molar-refractivity contribution in [3.8, 4) is 0 Å². The van der Waals surface area contributed by atoms with Gasteiger partial charge in [0.05, 0.1) is 16.5 Å². The monoisotopic (exact) mass is 493 g/mol. The van der Waals surface area contributed by atoms with E-state index < -0.39 is 33.2 Å². The summed E-state index contributed by atoms with van der Waals surface area (Å²) >= 11 is 0. The van der Waals surface area contributed by atoms with Crippen LogP contribution in [-0.2, 0) is 16.2 Å². The van der Waals surface area contributed by atoms with Gasteiger partial charge in [0.2, 0.25) is 0 Å². The van der Waals surface area contributed by atoms with Crippen molar-refractivity contribution in [1.29, 1.82) is 0 Å². The largest absolute Gasteiger partial charge is 0.416 e. The highest BCUT2D eigenvalue weighted by atomic mass is 32.2. The summed E-state index contributed by atoms with van der Waals surface area (Å²) in [5, 5.41) is 0. The number of nitrogens with zero attached hydrogens (tertiary/aromatic N) is 1. The first kappa shape index (κ1) is 26.3. The van der Waals surface area contributed by atoms with E-state index in [1.54, 1.807) is 24.3 Å². The number of unbranched alkanes of at least 4 members (excludes halogenated alkanes) is 2. The van der Waals surface area contributed by atoms with E-state index in [1.165, 1.54) is 16.4 Å². The van der Waals surface area contributed by atoms with Gasteiger partial charge in [0, 0.05) is 11.1 Å². The van der Waals surface area contributed by atoms with Crippen LogP contribution in [0.25, 0.3) is 0 Å². The Hall–Kier alpha value is -2.28. The molecule has 7 heteroatoms.